The molecule has 1 aliphatic heterocycles. The van der Waals surface area contributed by atoms with Gasteiger partial charge in [-0.15, -0.1) is 0 Å². The Labute approximate surface area is 79.9 Å². The number of hydrogen-bond acceptors (Lipinski definition) is 1. The molecule has 2 aliphatic carbocycles. The maximum Gasteiger partial charge on any atom is 0.0299 e. The number of rotatable bonds is 0. The fraction of sp³-hybridized carbons (Fsp3) is 0.667. The lowest BCUT2D eigenvalue weighted by Crippen LogP contribution is -2.31. The van der Waals surface area contributed by atoms with Gasteiger partial charge in [0.25, 0.3) is 0 Å². The summed E-state index contributed by atoms with van der Waals surface area (Å²) < 4.78 is 0. The molecule has 70 valence electrons. The van der Waals surface area contributed by atoms with Crippen molar-refractivity contribution in [3.8, 4) is 0 Å². The van der Waals surface area contributed by atoms with Gasteiger partial charge in [0.2, 0.25) is 0 Å². The van der Waals surface area contributed by atoms with Crippen LogP contribution < -0.4 is 5.32 Å². The molecule has 1 heteroatoms. The van der Waals surface area contributed by atoms with Crippen molar-refractivity contribution < 1.29 is 0 Å². The predicted molar refractivity (Wildman–Crippen MR) is 54.2 cm³/mol. The van der Waals surface area contributed by atoms with E-state index in [1.54, 1.807) is 11.1 Å². The molecule has 0 aromatic rings. The third-order valence-corrected chi connectivity index (χ3v) is 3.95. The van der Waals surface area contributed by atoms with E-state index in [0.717, 1.165) is 24.3 Å². The molecule has 1 heterocycles. The van der Waals surface area contributed by atoms with Crippen molar-refractivity contribution in [3.05, 3.63) is 23.4 Å². The highest BCUT2D eigenvalue weighted by molar-refractivity contribution is 5.42. The van der Waals surface area contributed by atoms with E-state index < -0.39 is 0 Å². The SMILES string of the molecule is C=C1NCC(C)C2=C1CCC1CC21. The lowest BCUT2D eigenvalue weighted by Gasteiger charge is -2.32. The van der Waals surface area contributed by atoms with Crippen molar-refractivity contribution in [1.82, 2.24) is 5.32 Å². The molecule has 3 aliphatic rings. The molecule has 0 bridgehead atoms. The first kappa shape index (κ1) is 7.66. The van der Waals surface area contributed by atoms with Crippen molar-refractivity contribution in [2.24, 2.45) is 17.8 Å². The Hall–Kier alpha value is -0.720. The largest absolute Gasteiger partial charge is 0.385 e. The van der Waals surface area contributed by atoms with Crippen molar-refractivity contribution >= 4 is 0 Å². The van der Waals surface area contributed by atoms with Crippen LogP contribution in [0.4, 0.5) is 0 Å². The normalized spacial score (nSPS) is 42.2. The Morgan fingerprint density at radius 3 is 3.15 bits per heavy atom. The topological polar surface area (TPSA) is 12.0 Å². The zero-order valence-corrected chi connectivity index (χ0v) is 8.27. The second-order valence-electron chi connectivity index (χ2n) is 4.84. The number of allylic oxidation sites excluding steroid dienone is 1. The van der Waals surface area contributed by atoms with Crippen LogP contribution in [0.1, 0.15) is 26.2 Å². The van der Waals surface area contributed by atoms with Gasteiger partial charge in [-0.1, -0.05) is 19.1 Å². The lowest BCUT2D eigenvalue weighted by atomic mass is 9.81. The molecule has 0 spiro atoms. The summed E-state index contributed by atoms with van der Waals surface area (Å²) in [4.78, 5) is 0. The molecule has 1 N–H and O–H groups in total. The minimum absolute atomic E-state index is 0.760. The Bertz CT molecular complexity index is 296. The van der Waals surface area contributed by atoms with Gasteiger partial charge in [-0.3, -0.25) is 0 Å². The molecule has 3 rings (SSSR count). The molecule has 3 unspecified atom stereocenters. The fourth-order valence-electron chi connectivity index (χ4n) is 3.13. The summed E-state index contributed by atoms with van der Waals surface area (Å²) in [6.45, 7) is 7.59. The van der Waals surface area contributed by atoms with Crippen LogP contribution in [-0.4, -0.2) is 6.54 Å². The third kappa shape index (κ3) is 0.993. The van der Waals surface area contributed by atoms with E-state index in [1.807, 2.05) is 0 Å². The summed E-state index contributed by atoms with van der Waals surface area (Å²) in [5.74, 6) is 2.76. The summed E-state index contributed by atoms with van der Waals surface area (Å²) in [7, 11) is 0. The van der Waals surface area contributed by atoms with Crippen molar-refractivity contribution in [1.29, 1.82) is 0 Å². The van der Waals surface area contributed by atoms with E-state index in [1.165, 1.54) is 25.0 Å². The van der Waals surface area contributed by atoms with Gasteiger partial charge in [0.1, 0.15) is 0 Å². The van der Waals surface area contributed by atoms with Gasteiger partial charge < -0.3 is 5.32 Å². The zero-order valence-electron chi connectivity index (χ0n) is 8.27. The fourth-order valence-corrected chi connectivity index (χ4v) is 3.13. The standard InChI is InChI=1S/C12H17N/c1-7-6-13-8(2)10-4-3-9-5-11(9)12(7)10/h7,9,11,13H,2-6H2,1H3. The Balaban J connectivity index is 2.05. The molecule has 0 aromatic carbocycles. The van der Waals surface area contributed by atoms with Gasteiger partial charge in [0.15, 0.2) is 0 Å². The number of hydrogen-bond donors (Lipinski definition) is 1. The molecule has 0 aromatic heterocycles. The Kier molecular flexibility index (Phi) is 1.42. The molecular formula is C12H17N. The molecule has 0 radical (unpaired) electrons. The van der Waals surface area contributed by atoms with Crippen LogP contribution in [0.25, 0.3) is 0 Å². The molecule has 1 nitrogen and oxygen atoms in total. The van der Waals surface area contributed by atoms with Crippen molar-refractivity contribution in [3.63, 3.8) is 0 Å². The molecule has 1 saturated carbocycles. The molecule has 0 saturated heterocycles. The molecule has 13 heavy (non-hydrogen) atoms. The van der Waals surface area contributed by atoms with E-state index in [9.17, 15) is 0 Å². The van der Waals surface area contributed by atoms with Crippen LogP contribution in [0, 0.1) is 17.8 Å². The highest BCUT2D eigenvalue weighted by Crippen LogP contribution is 2.55. The van der Waals surface area contributed by atoms with Crippen LogP contribution in [0.15, 0.2) is 23.4 Å². The zero-order chi connectivity index (χ0) is 9.00. The summed E-state index contributed by atoms with van der Waals surface area (Å²) >= 11 is 0. The first-order valence-electron chi connectivity index (χ1n) is 5.43. The van der Waals surface area contributed by atoms with E-state index in [4.69, 9.17) is 0 Å². The number of fused-ring (bicyclic) bond motifs is 2. The van der Waals surface area contributed by atoms with Crippen LogP contribution >= 0.6 is 0 Å². The lowest BCUT2D eigenvalue weighted by molar-refractivity contribution is 0.503. The first-order chi connectivity index (χ1) is 6.27. The van der Waals surface area contributed by atoms with E-state index in [-0.39, 0.29) is 0 Å². The van der Waals surface area contributed by atoms with Gasteiger partial charge in [-0.05, 0) is 42.6 Å². The van der Waals surface area contributed by atoms with Crippen molar-refractivity contribution in [2.45, 2.75) is 26.2 Å². The molecule has 3 atom stereocenters. The summed E-state index contributed by atoms with van der Waals surface area (Å²) in [6.07, 6.45) is 4.17. The first-order valence-corrected chi connectivity index (χ1v) is 5.43. The van der Waals surface area contributed by atoms with Crippen molar-refractivity contribution in [2.75, 3.05) is 6.54 Å². The van der Waals surface area contributed by atoms with E-state index in [0.29, 0.717) is 0 Å². The summed E-state index contributed by atoms with van der Waals surface area (Å²) in [5, 5.41) is 3.42. The van der Waals surface area contributed by atoms with Crippen LogP contribution in [0.3, 0.4) is 0 Å². The van der Waals surface area contributed by atoms with Crippen LogP contribution in [-0.2, 0) is 0 Å². The van der Waals surface area contributed by atoms with Gasteiger partial charge in [-0.2, -0.15) is 0 Å². The third-order valence-electron chi connectivity index (χ3n) is 3.95. The minimum atomic E-state index is 0.760. The quantitative estimate of drug-likeness (QED) is 0.596. The van der Waals surface area contributed by atoms with Crippen LogP contribution in [0.2, 0.25) is 0 Å². The predicted octanol–water partition coefficient (Wildman–Crippen LogP) is 2.47. The maximum absolute atomic E-state index is 4.12. The van der Waals surface area contributed by atoms with Gasteiger partial charge in [-0.25, -0.2) is 0 Å². The minimum Gasteiger partial charge on any atom is -0.385 e. The highest BCUT2D eigenvalue weighted by Gasteiger charge is 2.46. The average molecular weight is 175 g/mol. The van der Waals surface area contributed by atoms with Gasteiger partial charge >= 0.3 is 0 Å². The van der Waals surface area contributed by atoms with E-state index >= 15 is 0 Å². The Morgan fingerprint density at radius 1 is 1.46 bits per heavy atom. The molecular weight excluding hydrogens is 158 g/mol. The summed E-state index contributed by atoms with van der Waals surface area (Å²) in [6, 6.07) is 0. The highest BCUT2D eigenvalue weighted by atomic mass is 14.9. The summed E-state index contributed by atoms with van der Waals surface area (Å²) in [5.41, 5.74) is 4.57. The smallest absolute Gasteiger partial charge is 0.0299 e. The second kappa shape index (κ2) is 2.40. The molecule has 1 fully saturated rings. The van der Waals surface area contributed by atoms with Crippen LogP contribution in [0.5, 0.6) is 0 Å². The van der Waals surface area contributed by atoms with Gasteiger partial charge in [0.05, 0.1) is 0 Å². The van der Waals surface area contributed by atoms with E-state index in [2.05, 4.69) is 18.8 Å². The van der Waals surface area contributed by atoms with Gasteiger partial charge in [0, 0.05) is 12.2 Å². The monoisotopic (exact) mass is 175 g/mol. The average Bonchev–Trinajstić information content (AvgIpc) is 2.89. The second-order valence-corrected chi connectivity index (χ2v) is 4.84. The maximum atomic E-state index is 4.12. The Morgan fingerprint density at radius 2 is 2.31 bits per heavy atom. The molecule has 0 amide bonds. The number of nitrogens with one attached hydrogen (secondary N) is 1.